The first-order chi connectivity index (χ1) is 13.0. The normalized spacial score (nSPS) is 23.2. The molecule has 0 N–H and O–H groups in total. The Morgan fingerprint density at radius 1 is 1.19 bits per heavy atom. The standard InChI is InChI=1S/C18H23N7O2/c1-22-8-12(7-16(22)26)18(27)23(2)13-9-24(10-13)15-6-5-14-19-20-17(11-3-4-11)25(14)21-15/h5-6,11-13H,3-4,7-10H2,1-2H3. The molecule has 1 aliphatic carbocycles. The summed E-state index contributed by atoms with van der Waals surface area (Å²) in [4.78, 5) is 30.0. The highest BCUT2D eigenvalue weighted by Gasteiger charge is 2.39. The molecule has 1 atom stereocenters. The molecule has 2 amide bonds. The Morgan fingerprint density at radius 2 is 1.96 bits per heavy atom. The van der Waals surface area contributed by atoms with E-state index in [1.807, 2.05) is 23.7 Å². The first-order valence-electron chi connectivity index (χ1n) is 9.49. The predicted molar refractivity (Wildman–Crippen MR) is 97.3 cm³/mol. The van der Waals surface area contributed by atoms with Crippen LogP contribution in [0.4, 0.5) is 5.82 Å². The highest BCUT2D eigenvalue weighted by molar-refractivity contribution is 5.89. The number of carbonyl (C=O) groups is 2. The highest BCUT2D eigenvalue weighted by atomic mass is 16.2. The third kappa shape index (κ3) is 2.72. The zero-order valence-corrected chi connectivity index (χ0v) is 15.6. The van der Waals surface area contributed by atoms with Gasteiger partial charge in [-0.25, -0.2) is 0 Å². The molecule has 27 heavy (non-hydrogen) atoms. The van der Waals surface area contributed by atoms with Gasteiger partial charge in [0.1, 0.15) is 5.82 Å². The maximum atomic E-state index is 12.7. The van der Waals surface area contributed by atoms with Crippen molar-refractivity contribution in [3.8, 4) is 0 Å². The molecule has 2 aromatic heterocycles. The summed E-state index contributed by atoms with van der Waals surface area (Å²) in [5.74, 6) is 2.23. The van der Waals surface area contributed by atoms with E-state index < -0.39 is 0 Å². The number of nitrogens with zero attached hydrogens (tertiary/aromatic N) is 7. The number of carbonyl (C=O) groups excluding carboxylic acids is 2. The summed E-state index contributed by atoms with van der Waals surface area (Å²) in [7, 11) is 3.60. The van der Waals surface area contributed by atoms with E-state index >= 15 is 0 Å². The molecule has 0 spiro atoms. The number of hydrogen-bond acceptors (Lipinski definition) is 6. The van der Waals surface area contributed by atoms with Gasteiger partial charge in [-0.1, -0.05) is 0 Å². The summed E-state index contributed by atoms with van der Waals surface area (Å²) >= 11 is 0. The fourth-order valence-electron chi connectivity index (χ4n) is 3.94. The van der Waals surface area contributed by atoms with Crippen molar-refractivity contribution in [2.75, 3.05) is 38.6 Å². The molecule has 9 heteroatoms. The van der Waals surface area contributed by atoms with Gasteiger partial charge in [0, 0.05) is 46.1 Å². The second-order valence-electron chi connectivity index (χ2n) is 7.98. The van der Waals surface area contributed by atoms with Gasteiger partial charge in [-0.2, -0.15) is 4.52 Å². The van der Waals surface area contributed by atoms with Gasteiger partial charge in [0.05, 0.1) is 12.0 Å². The Kier molecular flexibility index (Phi) is 3.60. The van der Waals surface area contributed by atoms with Crippen molar-refractivity contribution in [3.05, 3.63) is 18.0 Å². The zero-order chi connectivity index (χ0) is 18.7. The molecule has 5 rings (SSSR count). The second-order valence-corrected chi connectivity index (χ2v) is 7.98. The summed E-state index contributed by atoms with van der Waals surface area (Å²) in [6, 6.07) is 4.06. The van der Waals surface area contributed by atoms with E-state index in [0.29, 0.717) is 18.9 Å². The molecule has 1 saturated carbocycles. The molecule has 3 aliphatic rings. The van der Waals surface area contributed by atoms with Crippen LogP contribution in [0.5, 0.6) is 0 Å². The average Bonchev–Trinajstić information content (AvgIpc) is 3.29. The van der Waals surface area contributed by atoms with Crippen LogP contribution in [0.25, 0.3) is 5.65 Å². The molecule has 2 saturated heterocycles. The molecule has 0 bridgehead atoms. The number of likely N-dealkylation sites (N-methyl/N-ethyl adjacent to an activating group) is 1. The molecule has 0 radical (unpaired) electrons. The van der Waals surface area contributed by atoms with Crippen LogP contribution in [0, 0.1) is 5.92 Å². The maximum absolute atomic E-state index is 12.7. The van der Waals surface area contributed by atoms with Gasteiger partial charge in [-0.15, -0.1) is 15.3 Å². The topological polar surface area (TPSA) is 86.9 Å². The van der Waals surface area contributed by atoms with Crippen LogP contribution in [0.1, 0.15) is 31.0 Å². The monoisotopic (exact) mass is 369 g/mol. The number of rotatable bonds is 4. The van der Waals surface area contributed by atoms with E-state index in [-0.39, 0.29) is 23.8 Å². The maximum Gasteiger partial charge on any atom is 0.228 e. The Hall–Kier alpha value is -2.71. The third-order valence-electron chi connectivity index (χ3n) is 5.99. The summed E-state index contributed by atoms with van der Waals surface area (Å²) < 4.78 is 1.86. The summed E-state index contributed by atoms with van der Waals surface area (Å²) in [6.07, 6.45) is 2.64. The summed E-state index contributed by atoms with van der Waals surface area (Å²) in [6.45, 7) is 2.02. The van der Waals surface area contributed by atoms with Crippen molar-refractivity contribution >= 4 is 23.3 Å². The smallest absolute Gasteiger partial charge is 0.228 e. The number of amides is 2. The van der Waals surface area contributed by atoms with E-state index in [2.05, 4.69) is 15.1 Å². The first kappa shape index (κ1) is 16.5. The quantitative estimate of drug-likeness (QED) is 0.761. The van der Waals surface area contributed by atoms with E-state index in [1.165, 1.54) is 0 Å². The number of anilines is 1. The average molecular weight is 369 g/mol. The zero-order valence-electron chi connectivity index (χ0n) is 15.6. The highest BCUT2D eigenvalue weighted by Crippen LogP contribution is 2.39. The minimum atomic E-state index is -0.214. The van der Waals surface area contributed by atoms with Gasteiger partial charge in [0.25, 0.3) is 0 Å². The van der Waals surface area contributed by atoms with E-state index in [1.54, 1.807) is 16.8 Å². The number of aromatic nitrogens is 4. The van der Waals surface area contributed by atoms with Gasteiger partial charge in [0.15, 0.2) is 11.5 Å². The molecule has 142 valence electrons. The lowest BCUT2D eigenvalue weighted by atomic mass is 10.0. The molecule has 4 heterocycles. The van der Waals surface area contributed by atoms with Crippen molar-refractivity contribution in [1.29, 1.82) is 0 Å². The van der Waals surface area contributed by atoms with Crippen molar-refractivity contribution in [3.63, 3.8) is 0 Å². The molecule has 3 fully saturated rings. The van der Waals surface area contributed by atoms with Gasteiger partial charge in [-0.3, -0.25) is 9.59 Å². The lowest BCUT2D eigenvalue weighted by Crippen LogP contribution is -2.61. The van der Waals surface area contributed by atoms with Gasteiger partial charge < -0.3 is 14.7 Å². The van der Waals surface area contributed by atoms with Crippen LogP contribution in [0.15, 0.2) is 12.1 Å². The van der Waals surface area contributed by atoms with Crippen LogP contribution in [0.2, 0.25) is 0 Å². The van der Waals surface area contributed by atoms with Crippen LogP contribution < -0.4 is 4.90 Å². The minimum absolute atomic E-state index is 0.0508. The summed E-state index contributed by atoms with van der Waals surface area (Å²) in [5.41, 5.74) is 0.778. The third-order valence-corrected chi connectivity index (χ3v) is 5.99. The lowest BCUT2D eigenvalue weighted by molar-refractivity contribution is -0.137. The lowest BCUT2D eigenvalue weighted by Gasteiger charge is -2.45. The van der Waals surface area contributed by atoms with Crippen molar-refractivity contribution < 1.29 is 9.59 Å². The van der Waals surface area contributed by atoms with Gasteiger partial charge in [-0.05, 0) is 25.0 Å². The molecule has 1 unspecified atom stereocenters. The summed E-state index contributed by atoms with van der Waals surface area (Å²) in [5, 5.41) is 13.2. The molecule has 2 aliphatic heterocycles. The van der Waals surface area contributed by atoms with Crippen molar-refractivity contribution in [1.82, 2.24) is 29.6 Å². The van der Waals surface area contributed by atoms with E-state index in [0.717, 1.165) is 43.2 Å². The minimum Gasteiger partial charge on any atom is -0.351 e. The fourth-order valence-corrected chi connectivity index (χ4v) is 3.94. The number of likely N-dealkylation sites (tertiary alicyclic amines) is 1. The molecule has 2 aromatic rings. The van der Waals surface area contributed by atoms with E-state index in [9.17, 15) is 9.59 Å². The molecule has 9 nitrogen and oxygen atoms in total. The Morgan fingerprint density at radius 3 is 2.63 bits per heavy atom. The Balaban J connectivity index is 1.25. The SMILES string of the molecule is CN1CC(C(=O)N(C)C2CN(c3ccc4nnc(C5CC5)n4n3)C2)CC1=O. The van der Waals surface area contributed by atoms with Crippen LogP contribution in [-0.2, 0) is 9.59 Å². The molecule has 0 aromatic carbocycles. The van der Waals surface area contributed by atoms with Crippen LogP contribution in [-0.4, -0.2) is 81.2 Å². The second kappa shape index (κ2) is 5.90. The Bertz CT molecular complexity index is 916. The fraction of sp³-hybridized carbons (Fsp3) is 0.611. The van der Waals surface area contributed by atoms with E-state index in [4.69, 9.17) is 5.10 Å². The van der Waals surface area contributed by atoms with Gasteiger partial charge >= 0.3 is 0 Å². The van der Waals surface area contributed by atoms with Crippen molar-refractivity contribution in [2.45, 2.75) is 31.2 Å². The largest absolute Gasteiger partial charge is 0.351 e. The first-order valence-corrected chi connectivity index (χ1v) is 9.49. The molecular formula is C18H23N7O2. The number of fused-ring (bicyclic) bond motifs is 1. The number of hydrogen-bond donors (Lipinski definition) is 0. The van der Waals surface area contributed by atoms with Crippen molar-refractivity contribution in [2.24, 2.45) is 5.92 Å². The van der Waals surface area contributed by atoms with Crippen LogP contribution >= 0.6 is 0 Å². The van der Waals surface area contributed by atoms with Gasteiger partial charge in [0.2, 0.25) is 11.8 Å². The predicted octanol–water partition coefficient (Wildman–Crippen LogP) is 0.127. The Labute approximate surface area is 156 Å². The van der Waals surface area contributed by atoms with Crippen LogP contribution in [0.3, 0.4) is 0 Å². The molecular weight excluding hydrogens is 346 g/mol.